The average molecular weight is 896 g/mol. The zero-order chi connectivity index (χ0) is 46.4. The molecule has 3 nitrogen and oxygen atoms in total. The lowest BCUT2D eigenvalue weighted by Gasteiger charge is -2.26. The number of hydrogen-bond donors (Lipinski definition) is 0. The van der Waals surface area contributed by atoms with Gasteiger partial charge < -0.3 is 14.0 Å². The largest absolute Gasteiger partial charge is 0.310 e. The normalized spacial score (nSPS) is 11.7. The molecule has 70 heavy (non-hydrogen) atoms. The number of aryl methyl sites for hydroxylation is 1. The molecule has 0 fully saturated rings. The van der Waals surface area contributed by atoms with Crippen LogP contribution < -0.4 is 4.90 Å². The summed E-state index contributed by atoms with van der Waals surface area (Å²) in [6, 6.07) is 97.9. The highest BCUT2D eigenvalue weighted by molar-refractivity contribution is 6.17. The molecule has 12 aromatic rings. The summed E-state index contributed by atoms with van der Waals surface area (Å²) in [5.41, 5.74) is 21.6. The minimum atomic E-state index is 0.295. The first-order chi connectivity index (χ1) is 34.8. The lowest BCUT2D eigenvalue weighted by Crippen LogP contribution is -2.10. The molecule has 1 aliphatic carbocycles. The summed E-state index contributed by atoms with van der Waals surface area (Å²) in [5.74, 6) is 0.295. The Labute approximate surface area is 409 Å². The first kappa shape index (κ1) is 41.3. The highest BCUT2D eigenvalue weighted by atomic mass is 15.1. The fraction of sp³-hybridized carbons (Fsp3) is 0.0448. The maximum absolute atomic E-state index is 2.55. The van der Waals surface area contributed by atoms with Gasteiger partial charge in [0, 0.05) is 67.4 Å². The summed E-state index contributed by atoms with van der Waals surface area (Å²) in [7, 11) is 0. The van der Waals surface area contributed by atoms with Crippen molar-refractivity contribution in [2.75, 3.05) is 4.90 Å². The van der Waals surface area contributed by atoms with Crippen LogP contribution in [0.3, 0.4) is 0 Å². The lowest BCUT2D eigenvalue weighted by molar-refractivity contribution is 0.715. The van der Waals surface area contributed by atoms with Crippen molar-refractivity contribution in [3.8, 4) is 56.1 Å². The van der Waals surface area contributed by atoms with Crippen molar-refractivity contribution in [3.63, 3.8) is 0 Å². The predicted octanol–water partition coefficient (Wildman–Crippen LogP) is 17.8. The first-order valence-electron chi connectivity index (χ1n) is 24.4. The van der Waals surface area contributed by atoms with E-state index in [0.29, 0.717) is 5.92 Å². The second-order valence-electron chi connectivity index (χ2n) is 18.4. The van der Waals surface area contributed by atoms with Crippen LogP contribution in [-0.2, 0) is 6.42 Å². The number of fused-ring (bicyclic) bond motifs is 12. The second kappa shape index (κ2) is 17.6. The minimum absolute atomic E-state index is 0.295. The Bertz CT molecular complexity index is 3750. The number of hydrogen-bond acceptors (Lipinski definition) is 1. The van der Waals surface area contributed by atoms with Gasteiger partial charge in [-0.25, -0.2) is 0 Å². The first-order valence-corrected chi connectivity index (χ1v) is 24.4. The van der Waals surface area contributed by atoms with Gasteiger partial charge in [-0.15, -0.1) is 0 Å². The highest BCUT2D eigenvalue weighted by Gasteiger charge is 2.32. The number of anilines is 3. The number of rotatable bonds is 10. The van der Waals surface area contributed by atoms with E-state index in [4.69, 9.17) is 0 Å². The fourth-order valence-electron chi connectivity index (χ4n) is 11.3. The molecule has 0 saturated carbocycles. The number of aromatic nitrogens is 2. The predicted molar refractivity (Wildman–Crippen MR) is 293 cm³/mol. The molecule has 0 atom stereocenters. The molecule has 332 valence electrons. The number of nitrogens with zero attached hydrogens (tertiary/aromatic N) is 3. The summed E-state index contributed by atoms with van der Waals surface area (Å²) in [6.45, 7) is 0. The van der Waals surface area contributed by atoms with Crippen molar-refractivity contribution in [1.82, 2.24) is 9.13 Å². The van der Waals surface area contributed by atoms with Crippen molar-refractivity contribution in [2.24, 2.45) is 0 Å². The second-order valence-corrected chi connectivity index (χ2v) is 18.4. The molecule has 2 aromatic heterocycles. The summed E-state index contributed by atoms with van der Waals surface area (Å²) >= 11 is 0. The molecule has 0 radical (unpaired) electrons. The van der Waals surface area contributed by atoms with Crippen molar-refractivity contribution < 1.29 is 0 Å². The van der Waals surface area contributed by atoms with E-state index in [0.717, 1.165) is 46.8 Å². The van der Waals surface area contributed by atoms with Crippen LogP contribution in [0.4, 0.5) is 17.1 Å². The SMILES string of the molecule is c1ccc(C(CCc2cccc(-n3c4c(c5ccccc53)-c3ccccc3-c3c(n(-c5cccc(N(c6ccccc6)c6ccccc6)c5)c5ccccc35)-c3ccccc3-4)c2)c2ccccc2)cc1. The van der Waals surface area contributed by atoms with Gasteiger partial charge in [0.1, 0.15) is 0 Å². The molecule has 0 amide bonds. The Hall–Kier alpha value is -8.92. The summed E-state index contributed by atoms with van der Waals surface area (Å²) in [5, 5.41) is 2.46. The number of para-hydroxylation sites is 4. The molecule has 3 heteroatoms. The van der Waals surface area contributed by atoms with Crippen LogP contribution in [0.5, 0.6) is 0 Å². The fourth-order valence-corrected chi connectivity index (χ4v) is 11.3. The summed E-state index contributed by atoms with van der Waals surface area (Å²) < 4.78 is 5.07. The highest BCUT2D eigenvalue weighted by Crippen LogP contribution is 2.55. The van der Waals surface area contributed by atoms with Gasteiger partial charge >= 0.3 is 0 Å². The molecule has 1 aliphatic rings. The van der Waals surface area contributed by atoms with Crippen LogP contribution in [0.25, 0.3) is 77.9 Å². The molecule has 0 N–H and O–H groups in total. The molecule has 13 rings (SSSR count). The molecule has 0 bridgehead atoms. The Balaban J connectivity index is 1.03. The van der Waals surface area contributed by atoms with Gasteiger partial charge in [-0.1, -0.05) is 200 Å². The molecule has 10 aromatic carbocycles. The maximum Gasteiger partial charge on any atom is 0.0626 e. The van der Waals surface area contributed by atoms with Gasteiger partial charge in [0.25, 0.3) is 0 Å². The molecular weight excluding hydrogens is 847 g/mol. The van der Waals surface area contributed by atoms with E-state index in [2.05, 4.69) is 281 Å². The van der Waals surface area contributed by atoms with E-state index in [-0.39, 0.29) is 0 Å². The topological polar surface area (TPSA) is 13.1 Å². The van der Waals surface area contributed by atoms with E-state index in [1.165, 1.54) is 77.7 Å². The molecule has 2 heterocycles. The third-order valence-electron chi connectivity index (χ3n) is 14.3. The van der Waals surface area contributed by atoms with Gasteiger partial charge in [0.05, 0.1) is 22.4 Å². The maximum atomic E-state index is 2.55. The third-order valence-corrected chi connectivity index (χ3v) is 14.3. The van der Waals surface area contributed by atoms with E-state index in [1.54, 1.807) is 0 Å². The number of benzene rings is 10. The summed E-state index contributed by atoms with van der Waals surface area (Å²) in [4.78, 5) is 2.35. The van der Waals surface area contributed by atoms with Gasteiger partial charge in [-0.2, -0.15) is 0 Å². The van der Waals surface area contributed by atoms with Gasteiger partial charge in [0.15, 0.2) is 0 Å². The van der Waals surface area contributed by atoms with Crippen molar-refractivity contribution >= 4 is 38.9 Å². The van der Waals surface area contributed by atoms with E-state index < -0.39 is 0 Å². The van der Waals surface area contributed by atoms with Crippen molar-refractivity contribution in [1.29, 1.82) is 0 Å². The van der Waals surface area contributed by atoms with E-state index >= 15 is 0 Å². The van der Waals surface area contributed by atoms with Gasteiger partial charge in [-0.05, 0) is 107 Å². The van der Waals surface area contributed by atoms with Crippen LogP contribution in [0.15, 0.2) is 267 Å². The molecule has 0 aliphatic heterocycles. The Morgan fingerprint density at radius 2 is 0.729 bits per heavy atom. The van der Waals surface area contributed by atoms with Crippen LogP contribution in [-0.4, -0.2) is 9.13 Å². The van der Waals surface area contributed by atoms with Crippen LogP contribution >= 0.6 is 0 Å². The summed E-state index contributed by atoms with van der Waals surface area (Å²) in [6.07, 6.45) is 1.94. The monoisotopic (exact) mass is 895 g/mol. The minimum Gasteiger partial charge on any atom is -0.310 e. The molecule has 0 unspecified atom stereocenters. The Morgan fingerprint density at radius 1 is 0.329 bits per heavy atom. The lowest BCUT2D eigenvalue weighted by atomic mass is 9.84. The quantitative estimate of drug-likeness (QED) is 0.133. The van der Waals surface area contributed by atoms with Gasteiger partial charge in [0.2, 0.25) is 0 Å². The van der Waals surface area contributed by atoms with Crippen molar-refractivity contribution in [3.05, 3.63) is 284 Å². The van der Waals surface area contributed by atoms with Gasteiger partial charge in [-0.3, -0.25) is 0 Å². The molecule has 0 spiro atoms. The smallest absolute Gasteiger partial charge is 0.0626 e. The van der Waals surface area contributed by atoms with Crippen LogP contribution in [0.2, 0.25) is 0 Å². The Kier molecular flexibility index (Phi) is 10.4. The third kappa shape index (κ3) is 7.05. The van der Waals surface area contributed by atoms with E-state index in [1.807, 2.05) is 0 Å². The van der Waals surface area contributed by atoms with Crippen LogP contribution in [0, 0.1) is 0 Å². The van der Waals surface area contributed by atoms with Crippen LogP contribution in [0.1, 0.15) is 29.0 Å². The molecular formula is C67H49N3. The Morgan fingerprint density at radius 3 is 1.24 bits per heavy atom. The van der Waals surface area contributed by atoms with E-state index in [9.17, 15) is 0 Å². The zero-order valence-corrected chi connectivity index (χ0v) is 38.7. The van der Waals surface area contributed by atoms with Crippen molar-refractivity contribution in [2.45, 2.75) is 18.8 Å². The zero-order valence-electron chi connectivity index (χ0n) is 38.7. The average Bonchev–Trinajstić information content (AvgIpc) is 3.95. The standard InChI is InChI=1S/C67H49N3/c1-5-24-48(25-6-1)55(49-26-7-2-8-27-49)44-43-47-23-21-32-52(45-47)69-62-41-19-17-39-60(62)64-56-35-13-14-36-57(56)65-61-40-18-20-42-63(61)70(67(65)59-38-16-15-37-58(59)66(64)69)54-34-22-33-53(46-54)68(50-28-9-3-10-29-50)51-30-11-4-12-31-51/h1-42,45-46,55H,43-44H2. The molecule has 0 saturated heterocycles.